The predicted molar refractivity (Wildman–Crippen MR) is 92.0 cm³/mol. The molecule has 0 aliphatic carbocycles. The molecular formula is C18H35N3O. The van der Waals surface area contributed by atoms with E-state index < -0.39 is 0 Å². The van der Waals surface area contributed by atoms with Gasteiger partial charge >= 0.3 is 0 Å². The fourth-order valence-corrected chi connectivity index (χ4v) is 3.64. The van der Waals surface area contributed by atoms with Gasteiger partial charge in [0.2, 0.25) is 5.91 Å². The lowest BCUT2D eigenvalue weighted by Gasteiger charge is -2.35. The molecule has 22 heavy (non-hydrogen) atoms. The van der Waals surface area contributed by atoms with Crippen LogP contribution in [0.3, 0.4) is 0 Å². The maximum atomic E-state index is 12.7. The van der Waals surface area contributed by atoms with E-state index in [1.165, 1.54) is 38.8 Å². The SMILES string of the molecule is CC(C)CCC(=O)N(CCCN1CCCC1)C1CCCNC1. The summed E-state index contributed by atoms with van der Waals surface area (Å²) in [5.41, 5.74) is 0. The minimum absolute atomic E-state index is 0.379. The molecule has 0 aromatic rings. The lowest BCUT2D eigenvalue weighted by molar-refractivity contribution is -0.134. The molecule has 128 valence electrons. The Balaban J connectivity index is 1.81. The molecule has 2 heterocycles. The number of piperidine rings is 1. The van der Waals surface area contributed by atoms with Crippen molar-refractivity contribution in [2.24, 2.45) is 5.92 Å². The van der Waals surface area contributed by atoms with Gasteiger partial charge in [0.25, 0.3) is 0 Å². The van der Waals surface area contributed by atoms with Gasteiger partial charge in [0.05, 0.1) is 0 Å². The average molecular weight is 309 g/mol. The third kappa shape index (κ3) is 5.88. The van der Waals surface area contributed by atoms with Gasteiger partial charge < -0.3 is 15.1 Å². The van der Waals surface area contributed by atoms with E-state index in [0.29, 0.717) is 17.9 Å². The van der Waals surface area contributed by atoms with Gasteiger partial charge in [-0.05, 0) is 70.6 Å². The Hall–Kier alpha value is -0.610. The topological polar surface area (TPSA) is 35.6 Å². The van der Waals surface area contributed by atoms with Gasteiger partial charge in [-0.1, -0.05) is 13.8 Å². The van der Waals surface area contributed by atoms with Crippen molar-refractivity contribution >= 4 is 5.91 Å². The monoisotopic (exact) mass is 309 g/mol. The second kappa shape index (κ2) is 9.51. The number of likely N-dealkylation sites (tertiary alicyclic amines) is 1. The molecule has 2 aliphatic heterocycles. The molecule has 0 radical (unpaired) electrons. The summed E-state index contributed by atoms with van der Waals surface area (Å²) in [7, 11) is 0. The van der Waals surface area contributed by atoms with Crippen LogP contribution in [0.5, 0.6) is 0 Å². The first kappa shape index (κ1) is 17.7. The van der Waals surface area contributed by atoms with Crippen molar-refractivity contribution in [1.29, 1.82) is 0 Å². The number of nitrogens with one attached hydrogen (secondary N) is 1. The Morgan fingerprint density at radius 2 is 2.05 bits per heavy atom. The van der Waals surface area contributed by atoms with Crippen LogP contribution >= 0.6 is 0 Å². The molecule has 1 amide bonds. The highest BCUT2D eigenvalue weighted by atomic mass is 16.2. The van der Waals surface area contributed by atoms with Crippen LogP contribution in [0.1, 0.15) is 58.8 Å². The van der Waals surface area contributed by atoms with Crippen molar-refractivity contribution in [2.45, 2.75) is 64.8 Å². The normalized spacial score (nSPS) is 23.1. The van der Waals surface area contributed by atoms with Gasteiger partial charge in [0, 0.05) is 25.6 Å². The third-order valence-electron chi connectivity index (χ3n) is 5.04. The molecule has 2 saturated heterocycles. The second-order valence-corrected chi connectivity index (χ2v) is 7.42. The summed E-state index contributed by atoms with van der Waals surface area (Å²) in [6.07, 6.45) is 7.94. The number of hydrogen-bond donors (Lipinski definition) is 1. The standard InChI is InChI=1S/C18H35N3O/c1-16(2)8-9-18(22)21(17-7-5-10-19-15-17)14-6-13-20-11-3-4-12-20/h16-17,19H,3-15H2,1-2H3. The van der Waals surface area contributed by atoms with E-state index in [1.54, 1.807) is 0 Å². The van der Waals surface area contributed by atoms with Crippen LogP contribution in [-0.2, 0) is 4.79 Å². The Morgan fingerprint density at radius 1 is 1.27 bits per heavy atom. The fourth-order valence-electron chi connectivity index (χ4n) is 3.64. The number of rotatable bonds is 8. The van der Waals surface area contributed by atoms with Crippen molar-refractivity contribution in [3.8, 4) is 0 Å². The van der Waals surface area contributed by atoms with Crippen LogP contribution in [0, 0.1) is 5.92 Å². The first-order chi connectivity index (χ1) is 10.7. The van der Waals surface area contributed by atoms with Crippen LogP contribution in [-0.4, -0.2) is 61.0 Å². The molecule has 0 aromatic carbocycles. The summed E-state index contributed by atoms with van der Waals surface area (Å²) in [6.45, 7) is 11.1. The smallest absolute Gasteiger partial charge is 0.222 e. The summed E-state index contributed by atoms with van der Waals surface area (Å²) < 4.78 is 0. The van der Waals surface area contributed by atoms with Crippen LogP contribution in [0.25, 0.3) is 0 Å². The lowest BCUT2D eigenvalue weighted by atomic mass is 10.0. The van der Waals surface area contributed by atoms with E-state index >= 15 is 0 Å². The zero-order valence-electron chi connectivity index (χ0n) is 14.6. The number of carbonyl (C=O) groups is 1. The number of carbonyl (C=O) groups excluding carboxylic acids is 1. The minimum atomic E-state index is 0.379. The predicted octanol–water partition coefficient (Wildman–Crippen LogP) is 2.49. The maximum absolute atomic E-state index is 12.7. The first-order valence-electron chi connectivity index (χ1n) is 9.39. The van der Waals surface area contributed by atoms with Gasteiger partial charge in [0.15, 0.2) is 0 Å². The zero-order valence-corrected chi connectivity index (χ0v) is 14.6. The zero-order chi connectivity index (χ0) is 15.8. The molecule has 0 saturated carbocycles. The Morgan fingerprint density at radius 3 is 2.68 bits per heavy atom. The number of nitrogens with zero attached hydrogens (tertiary/aromatic N) is 2. The summed E-state index contributed by atoms with van der Waals surface area (Å²) in [6, 6.07) is 0.423. The van der Waals surface area contributed by atoms with Crippen molar-refractivity contribution in [2.75, 3.05) is 39.3 Å². The molecule has 2 aliphatic rings. The van der Waals surface area contributed by atoms with Crippen molar-refractivity contribution in [3.05, 3.63) is 0 Å². The number of hydrogen-bond acceptors (Lipinski definition) is 3. The Kier molecular flexibility index (Phi) is 7.67. The van der Waals surface area contributed by atoms with E-state index in [2.05, 4.69) is 29.0 Å². The summed E-state index contributed by atoms with van der Waals surface area (Å²) in [4.78, 5) is 17.4. The van der Waals surface area contributed by atoms with Crippen molar-refractivity contribution in [1.82, 2.24) is 15.1 Å². The van der Waals surface area contributed by atoms with Gasteiger partial charge in [-0.25, -0.2) is 0 Å². The molecular weight excluding hydrogens is 274 g/mol. The van der Waals surface area contributed by atoms with Gasteiger partial charge in [-0.2, -0.15) is 0 Å². The van der Waals surface area contributed by atoms with Crippen LogP contribution in [0.15, 0.2) is 0 Å². The van der Waals surface area contributed by atoms with E-state index in [-0.39, 0.29) is 0 Å². The molecule has 2 rings (SSSR count). The van der Waals surface area contributed by atoms with Crippen LogP contribution in [0.4, 0.5) is 0 Å². The van der Waals surface area contributed by atoms with E-state index in [9.17, 15) is 4.79 Å². The molecule has 2 fully saturated rings. The third-order valence-corrected chi connectivity index (χ3v) is 5.04. The minimum Gasteiger partial charge on any atom is -0.338 e. The van der Waals surface area contributed by atoms with Crippen molar-refractivity contribution < 1.29 is 4.79 Å². The van der Waals surface area contributed by atoms with Gasteiger partial charge in [-0.3, -0.25) is 4.79 Å². The molecule has 0 spiro atoms. The summed E-state index contributed by atoms with van der Waals surface area (Å²) in [5, 5.41) is 3.46. The second-order valence-electron chi connectivity index (χ2n) is 7.42. The molecule has 4 heteroatoms. The van der Waals surface area contributed by atoms with Crippen LogP contribution in [0.2, 0.25) is 0 Å². The molecule has 1 atom stereocenters. The van der Waals surface area contributed by atoms with E-state index in [0.717, 1.165) is 45.4 Å². The largest absolute Gasteiger partial charge is 0.338 e. The molecule has 0 aromatic heterocycles. The maximum Gasteiger partial charge on any atom is 0.222 e. The summed E-state index contributed by atoms with van der Waals surface area (Å²) >= 11 is 0. The average Bonchev–Trinajstić information content (AvgIpc) is 3.03. The highest BCUT2D eigenvalue weighted by molar-refractivity contribution is 5.76. The van der Waals surface area contributed by atoms with Crippen LogP contribution < -0.4 is 5.32 Å². The van der Waals surface area contributed by atoms with E-state index in [1.807, 2.05) is 0 Å². The molecule has 1 N–H and O–H groups in total. The van der Waals surface area contributed by atoms with Gasteiger partial charge in [-0.15, -0.1) is 0 Å². The van der Waals surface area contributed by atoms with Gasteiger partial charge in [0.1, 0.15) is 0 Å². The van der Waals surface area contributed by atoms with E-state index in [4.69, 9.17) is 0 Å². The highest BCUT2D eigenvalue weighted by Crippen LogP contribution is 2.16. The molecule has 0 bridgehead atoms. The highest BCUT2D eigenvalue weighted by Gasteiger charge is 2.25. The quantitative estimate of drug-likeness (QED) is 0.748. The first-order valence-corrected chi connectivity index (χ1v) is 9.39. The number of amides is 1. The van der Waals surface area contributed by atoms with Crippen molar-refractivity contribution in [3.63, 3.8) is 0 Å². The Labute approximate surface area is 136 Å². The molecule has 4 nitrogen and oxygen atoms in total. The Bertz CT molecular complexity index is 320. The fraction of sp³-hybridized carbons (Fsp3) is 0.944. The summed E-state index contributed by atoms with van der Waals surface area (Å²) in [5.74, 6) is 0.990. The lowest BCUT2D eigenvalue weighted by Crippen LogP contribution is -2.49. The molecule has 1 unspecified atom stereocenters.